The average Bonchev–Trinajstić information content (AvgIpc) is 2.05. The van der Waals surface area contributed by atoms with Crippen LogP contribution in [0.3, 0.4) is 0 Å². The lowest BCUT2D eigenvalue weighted by Crippen LogP contribution is -1.96. The van der Waals surface area contributed by atoms with Crippen molar-refractivity contribution in [2.24, 2.45) is 0 Å². The van der Waals surface area contributed by atoms with Crippen molar-refractivity contribution in [3.8, 4) is 5.75 Å². The molecule has 0 saturated carbocycles. The van der Waals surface area contributed by atoms with Gasteiger partial charge in [-0.1, -0.05) is 6.07 Å². The van der Waals surface area contributed by atoms with Crippen LogP contribution >= 0.6 is 9.47 Å². The molecule has 0 aliphatic heterocycles. The van der Waals surface area contributed by atoms with Crippen molar-refractivity contribution in [2.45, 2.75) is 6.92 Å². The number of aromatic carboxylic acids is 1. The standard InChI is InChI=1S/C8H9O3P/c1-5-2-3-6(8(9)10)4-7(5)11-12/h2-4H,12H2,1H3,(H,9,10). The second-order valence-corrected chi connectivity index (χ2v) is 2.64. The zero-order valence-corrected chi connectivity index (χ0v) is 7.73. The summed E-state index contributed by atoms with van der Waals surface area (Å²) in [6, 6.07) is 4.75. The zero-order chi connectivity index (χ0) is 9.14. The van der Waals surface area contributed by atoms with Gasteiger partial charge >= 0.3 is 5.97 Å². The number of carboxylic acid groups (broad SMARTS) is 1. The van der Waals surface area contributed by atoms with Gasteiger partial charge in [0.05, 0.1) is 15.0 Å². The van der Waals surface area contributed by atoms with Gasteiger partial charge in [0.1, 0.15) is 5.75 Å². The quantitative estimate of drug-likeness (QED) is 0.713. The largest absolute Gasteiger partial charge is 0.480 e. The Labute approximate surface area is 72.6 Å². The molecule has 0 radical (unpaired) electrons. The Hall–Kier alpha value is -1.08. The highest BCUT2D eigenvalue weighted by molar-refractivity contribution is 7.10. The van der Waals surface area contributed by atoms with E-state index in [0.29, 0.717) is 5.75 Å². The highest BCUT2D eigenvalue weighted by atomic mass is 31.0. The number of hydrogen-bond acceptors (Lipinski definition) is 2. The van der Waals surface area contributed by atoms with Crippen LogP contribution in [-0.2, 0) is 0 Å². The summed E-state index contributed by atoms with van der Waals surface area (Å²) in [5.41, 5.74) is 1.15. The van der Waals surface area contributed by atoms with Crippen LogP contribution in [0.4, 0.5) is 0 Å². The average molecular weight is 184 g/mol. The van der Waals surface area contributed by atoms with E-state index in [0.717, 1.165) is 5.56 Å². The lowest BCUT2D eigenvalue weighted by molar-refractivity contribution is 0.0696. The van der Waals surface area contributed by atoms with E-state index in [1.807, 2.05) is 6.92 Å². The van der Waals surface area contributed by atoms with Gasteiger partial charge in [-0.3, -0.25) is 0 Å². The van der Waals surface area contributed by atoms with Crippen LogP contribution in [0.15, 0.2) is 18.2 Å². The highest BCUT2D eigenvalue weighted by Crippen LogP contribution is 2.21. The van der Waals surface area contributed by atoms with E-state index < -0.39 is 5.97 Å². The van der Waals surface area contributed by atoms with Crippen molar-refractivity contribution in [3.63, 3.8) is 0 Å². The Morgan fingerprint density at radius 2 is 2.25 bits per heavy atom. The van der Waals surface area contributed by atoms with Crippen molar-refractivity contribution in [2.75, 3.05) is 0 Å². The molecule has 1 atom stereocenters. The number of rotatable bonds is 2. The van der Waals surface area contributed by atoms with Crippen LogP contribution in [0.25, 0.3) is 0 Å². The predicted molar refractivity (Wildman–Crippen MR) is 48.5 cm³/mol. The first-order chi connectivity index (χ1) is 5.65. The van der Waals surface area contributed by atoms with Gasteiger partial charge in [-0.2, -0.15) is 0 Å². The van der Waals surface area contributed by atoms with E-state index in [1.165, 1.54) is 6.07 Å². The molecule has 0 fully saturated rings. The van der Waals surface area contributed by atoms with Crippen LogP contribution in [0.5, 0.6) is 5.75 Å². The molecule has 1 aromatic carbocycles. The van der Waals surface area contributed by atoms with Gasteiger partial charge < -0.3 is 9.63 Å². The number of hydrogen-bond donors (Lipinski definition) is 1. The Bertz CT molecular complexity index is 309. The predicted octanol–water partition coefficient (Wildman–Crippen LogP) is 1.86. The van der Waals surface area contributed by atoms with Crippen LogP contribution in [0.2, 0.25) is 0 Å². The highest BCUT2D eigenvalue weighted by Gasteiger charge is 2.05. The fourth-order valence-corrected chi connectivity index (χ4v) is 1.11. The minimum Gasteiger partial charge on any atom is -0.480 e. The Morgan fingerprint density at radius 3 is 2.75 bits per heavy atom. The molecule has 12 heavy (non-hydrogen) atoms. The number of carbonyl (C=O) groups is 1. The monoisotopic (exact) mass is 184 g/mol. The van der Waals surface area contributed by atoms with Gasteiger partial charge in [-0.25, -0.2) is 4.79 Å². The van der Waals surface area contributed by atoms with Gasteiger partial charge in [-0.05, 0) is 24.6 Å². The second-order valence-electron chi connectivity index (χ2n) is 2.40. The van der Waals surface area contributed by atoms with Crippen molar-refractivity contribution >= 4 is 15.4 Å². The molecule has 1 N–H and O–H groups in total. The van der Waals surface area contributed by atoms with Crippen LogP contribution in [0.1, 0.15) is 15.9 Å². The van der Waals surface area contributed by atoms with Gasteiger partial charge in [0.2, 0.25) is 0 Å². The summed E-state index contributed by atoms with van der Waals surface area (Å²) in [7, 11) is 2.09. The molecule has 0 bridgehead atoms. The third kappa shape index (κ3) is 1.74. The maximum Gasteiger partial charge on any atom is 0.335 e. The third-order valence-corrected chi connectivity index (χ3v) is 1.82. The Kier molecular flexibility index (Phi) is 2.66. The molecule has 0 spiro atoms. The van der Waals surface area contributed by atoms with Crippen molar-refractivity contribution in [3.05, 3.63) is 29.3 Å². The molecule has 1 rings (SSSR count). The fraction of sp³-hybridized carbons (Fsp3) is 0.125. The molecule has 1 unspecified atom stereocenters. The first kappa shape index (κ1) is 9.01. The Balaban J connectivity index is 3.13. The van der Waals surface area contributed by atoms with Crippen LogP contribution in [0, 0.1) is 6.92 Å². The fourth-order valence-electron chi connectivity index (χ4n) is 0.860. The first-order valence-electron chi connectivity index (χ1n) is 3.36. The third-order valence-electron chi connectivity index (χ3n) is 1.56. The van der Waals surface area contributed by atoms with Crippen molar-refractivity contribution in [1.82, 2.24) is 0 Å². The van der Waals surface area contributed by atoms with E-state index in [9.17, 15) is 4.79 Å². The van der Waals surface area contributed by atoms with Gasteiger partial charge in [0.15, 0.2) is 0 Å². The number of benzene rings is 1. The maximum absolute atomic E-state index is 10.5. The van der Waals surface area contributed by atoms with E-state index >= 15 is 0 Å². The summed E-state index contributed by atoms with van der Waals surface area (Å²) in [5.74, 6) is -0.377. The van der Waals surface area contributed by atoms with E-state index in [-0.39, 0.29) is 5.56 Å². The number of carboxylic acids is 1. The van der Waals surface area contributed by atoms with Gasteiger partial charge in [0, 0.05) is 0 Å². The van der Waals surface area contributed by atoms with Gasteiger partial charge in [0.25, 0.3) is 0 Å². The summed E-state index contributed by atoms with van der Waals surface area (Å²) in [4.78, 5) is 10.5. The van der Waals surface area contributed by atoms with Crippen LogP contribution in [-0.4, -0.2) is 11.1 Å². The van der Waals surface area contributed by atoms with Crippen molar-refractivity contribution in [1.29, 1.82) is 0 Å². The molecule has 1 aromatic rings. The Morgan fingerprint density at radius 1 is 1.58 bits per heavy atom. The minimum atomic E-state index is -0.946. The molecule has 0 aromatic heterocycles. The molecular weight excluding hydrogens is 175 g/mol. The topological polar surface area (TPSA) is 46.5 Å². The summed E-state index contributed by atoms with van der Waals surface area (Å²) in [6.45, 7) is 1.85. The first-order valence-corrected chi connectivity index (χ1v) is 3.83. The summed E-state index contributed by atoms with van der Waals surface area (Å²) < 4.78 is 4.89. The molecule has 64 valence electrons. The van der Waals surface area contributed by atoms with Crippen molar-refractivity contribution < 1.29 is 14.4 Å². The lowest BCUT2D eigenvalue weighted by atomic mass is 10.1. The van der Waals surface area contributed by atoms with E-state index in [4.69, 9.17) is 9.63 Å². The minimum absolute atomic E-state index is 0.234. The van der Waals surface area contributed by atoms with Gasteiger partial charge in [-0.15, -0.1) is 0 Å². The molecule has 0 aliphatic carbocycles. The summed E-state index contributed by atoms with van der Waals surface area (Å²) >= 11 is 0. The molecule has 3 nitrogen and oxygen atoms in total. The SMILES string of the molecule is Cc1ccc(C(=O)O)cc1OP. The maximum atomic E-state index is 10.5. The van der Waals surface area contributed by atoms with E-state index in [1.54, 1.807) is 12.1 Å². The van der Waals surface area contributed by atoms with Crippen LogP contribution < -0.4 is 4.52 Å². The molecule has 0 aliphatic rings. The molecule has 4 heteroatoms. The van der Waals surface area contributed by atoms with E-state index in [2.05, 4.69) is 9.47 Å². The normalized spacial score (nSPS) is 9.50. The summed E-state index contributed by atoms with van der Waals surface area (Å²) in [6.07, 6.45) is 0. The molecule has 0 heterocycles. The molecule has 0 saturated heterocycles. The zero-order valence-electron chi connectivity index (χ0n) is 6.57. The smallest absolute Gasteiger partial charge is 0.335 e. The lowest BCUT2D eigenvalue weighted by Gasteiger charge is -2.03. The molecule has 0 amide bonds. The second kappa shape index (κ2) is 3.55. The summed E-state index contributed by atoms with van der Waals surface area (Å²) in [5, 5.41) is 8.63. The number of aryl methyl sites for hydroxylation is 1. The molecular formula is C8H9O3P.